The van der Waals surface area contributed by atoms with Crippen LogP contribution in [0.2, 0.25) is 0 Å². The first-order chi connectivity index (χ1) is 6.40. The van der Waals surface area contributed by atoms with Crippen LogP contribution in [0.3, 0.4) is 0 Å². The van der Waals surface area contributed by atoms with Gasteiger partial charge in [-0.1, -0.05) is 0 Å². The lowest BCUT2D eigenvalue weighted by molar-refractivity contribution is 0.783. The summed E-state index contributed by atoms with van der Waals surface area (Å²) in [5.41, 5.74) is 1.16. The molecule has 1 aromatic heterocycles. The molecule has 0 aromatic carbocycles. The summed E-state index contributed by atoms with van der Waals surface area (Å²) < 4.78 is 0. The molecule has 0 unspecified atom stereocenters. The zero-order valence-electron chi connectivity index (χ0n) is 8.01. The summed E-state index contributed by atoms with van der Waals surface area (Å²) in [7, 11) is 1.94. The molecule has 1 aromatic rings. The van der Waals surface area contributed by atoms with Crippen molar-refractivity contribution in [1.82, 2.24) is 15.5 Å². The van der Waals surface area contributed by atoms with Crippen molar-refractivity contribution >= 4 is 5.82 Å². The van der Waals surface area contributed by atoms with Gasteiger partial charge in [-0.25, -0.2) is 0 Å². The van der Waals surface area contributed by atoms with Crippen LogP contribution in [-0.4, -0.2) is 30.3 Å². The lowest BCUT2D eigenvalue weighted by atomic mass is 10.4. The predicted molar refractivity (Wildman–Crippen MR) is 52.8 cm³/mol. The Morgan fingerprint density at radius 1 is 1.54 bits per heavy atom. The number of nitrogens with zero attached hydrogens (tertiary/aromatic N) is 2. The van der Waals surface area contributed by atoms with Crippen LogP contribution < -0.4 is 10.2 Å². The van der Waals surface area contributed by atoms with Gasteiger partial charge in [-0.3, -0.25) is 5.10 Å². The molecule has 0 spiro atoms. The molecule has 2 rings (SSSR count). The Labute approximate surface area is 78.3 Å². The standard InChI is InChI=1S/C9H16N4/c1-10-7-8-6-9(12-11-8)13-4-2-3-5-13/h6,10H,2-5,7H2,1H3,(H,11,12). The molecule has 1 fully saturated rings. The molecular formula is C9H16N4. The van der Waals surface area contributed by atoms with Gasteiger partial charge in [0.2, 0.25) is 0 Å². The minimum absolute atomic E-state index is 0.862. The number of aromatic nitrogens is 2. The highest BCUT2D eigenvalue weighted by atomic mass is 15.3. The first kappa shape index (κ1) is 8.56. The summed E-state index contributed by atoms with van der Waals surface area (Å²) in [6.45, 7) is 3.18. The van der Waals surface area contributed by atoms with E-state index in [1.807, 2.05) is 7.05 Å². The van der Waals surface area contributed by atoms with Gasteiger partial charge in [-0.2, -0.15) is 5.10 Å². The number of rotatable bonds is 3. The maximum atomic E-state index is 4.28. The number of hydrogen-bond donors (Lipinski definition) is 2. The third-order valence-electron chi connectivity index (χ3n) is 2.41. The van der Waals surface area contributed by atoms with Crippen molar-refractivity contribution in [2.24, 2.45) is 0 Å². The summed E-state index contributed by atoms with van der Waals surface area (Å²) in [4.78, 5) is 2.33. The van der Waals surface area contributed by atoms with E-state index in [1.54, 1.807) is 0 Å². The number of hydrogen-bond acceptors (Lipinski definition) is 3. The van der Waals surface area contributed by atoms with E-state index < -0.39 is 0 Å². The van der Waals surface area contributed by atoms with Crippen molar-refractivity contribution in [2.45, 2.75) is 19.4 Å². The molecule has 1 aliphatic heterocycles. The molecule has 2 N–H and O–H groups in total. The Hall–Kier alpha value is -1.03. The summed E-state index contributed by atoms with van der Waals surface area (Å²) >= 11 is 0. The zero-order valence-corrected chi connectivity index (χ0v) is 8.01. The smallest absolute Gasteiger partial charge is 0.150 e. The summed E-state index contributed by atoms with van der Waals surface area (Å²) in [5, 5.41) is 10.4. The number of anilines is 1. The molecule has 4 heteroatoms. The molecule has 2 heterocycles. The van der Waals surface area contributed by atoms with E-state index in [-0.39, 0.29) is 0 Å². The molecule has 0 amide bonds. The maximum Gasteiger partial charge on any atom is 0.150 e. The Kier molecular flexibility index (Phi) is 2.49. The second kappa shape index (κ2) is 3.79. The van der Waals surface area contributed by atoms with Gasteiger partial charge in [-0.05, 0) is 19.9 Å². The molecule has 1 saturated heterocycles. The lowest BCUT2D eigenvalue weighted by Gasteiger charge is -2.12. The van der Waals surface area contributed by atoms with Crippen LogP contribution in [0.4, 0.5) is 5.82 Å². The first-order valence-corrected chi connectivity index (χ1v) is 4.84. The Morgan fingerprint density at radius 3 is 3.00 bits per heavy atom. The second-order valence-corrected chi connectivity index (χ2v) is 3.48. The fourth-order valence-electron chi connectivity index (χ4n) is 1.74. The topological polar surface area (TPSA) is 44.0 Å². The van der Waals surface area contributed by atoms with E-state index in [9.17, 15) is 0 Å². The lowest BCUT2D eigenvalue weighted by Crippen LogP contribution is -2.17. The van der Waals surface area contributed by atoms with E-state index in [1.165, 1.54) is 12.8 Å². The van der Waals surface area contributed by atoms with E-state index >= 15 is 0 Å². The minimum Gasteiger partial charge on any atom is -0.355 e. The van der Waals surface area contributed by atoms with E-state index in [4.69, 9.17) is 0 Å². The van der Waals surface area contributed by atoms with Gasteiger partial charge >= 0.3 is 0 Å². The van der Waals surface area contributed by atoms with E-state index in [2.05, 4.69) is 26.5 Å². The molecule has 0 bridgehead atoms. The highest BCUT2D eigenvalue weighted by molar-refractivity contribution is 5.40. The quantitative estimate of drug-likeness (QED) is 0.720. The molecule has 13 heavy (non-hydrogen) atoms. The van der Waals surface area contributed by atoms with Crippen LogP contribution in [0.1, 0.15) is 18.5 Å². The summed E-state index contributed by atoms with van der Waals surface area (Å²) in [5.74, 6) is 1.10. The third kappa shape index (κ3) is 1.83. The fourth-order valence-corrected chi connectivity index (χ4v) is 1.74. The predicted octanol–water partition coefficient (Wildman–Crippen LogP) is 0.729. The van der Waals surface area contributed by atoms with E-state index in [0.717, 1.165) is 31.1 Å². The molecule has 72 valence electrons. The van der Waals surface area contributed by atoms with Crippen molar-refractivity contribution in [3.8, 4) is 0 Å². The molecule has 0 saturated carbocycles. The molecule has 0 atom stereocenters. The van der Waals surface area contributed by atoms with Crippen LogP contribution in [0.5, 0.6) is 0 Å². The summed E-state index contributed by atoms with van der Waals surface area (Å²) in [6.07, 6.45) is 2.60. The highest BCUT2D eigenvalue weighted by Crippen LogP contribution is 2.17. The molecule has 0 radical (unpaired) electrons. The van der Waals surface area contributed by atoms with Gasteiger partial charge in [0.1, 0.15) is 0 Å². The SMILES string of the molecule is CNCc1cc(N2CCCC2)n[nH]1. The largest absolute Gasteiger partial charge is 0.355 e. The molecule has 4 nitrogen and oxygen atoms in total. The molecule has 0 aliphatic carbocycles. The van der Waals surface area contributed by atoms with E-state index in [0.29, 0.717) is 0 Å². The molecular weight excluding hydrogens is 164 g/mol. The Balaban J connectivity index is 2.03. The Morgan fingerprint density at radius 2 is 2.31 bits per heavy atom. The third-order valence-corrected chi connectivity index (χ3v) is 2.41. The first-order valence-electron chi connectivity index (χ1n) is 4.84. The number of nitrogens with one attached hydrogen (secondary N) is 2. The second-order valence-electron chi connectivity index (χ2n) is 3.48. The van der Waals surface area contributed by atoms with Crippen LogP contribution in [0, 0.1) is 0 Å². The fraction of sp³-hybridized carbons (Fsp3) is 0.667. The molecule has 1 aliphatic rings. The van der Waals surface area contributed by atoms with Crippen LogP contribution in [-0.2, 0) is 6.54 Å². The van der Waals surface area contributed by atoms with Crippen LogP contribution in [0.25, 0.3) is 0 Å². The van der Waals surface area contributed by atoms with Crippen molar-refractivity contribution in [3.05, 3.63) is 11.8 Å². The number of H-pyrrole nitrogens is 1. The van der Waals surface area contributed by atoms with Gasteiger partial charge < -0.3 is 10.2 Å². The van der Waals surface area contributed by atoms with Crippen molar-refractivity contribution in [3.63, 3.8) is 0 Å². The van der Waals surface area contributed by atoms with Crippen LogP contribution in [0.15, 0.2) is 6.07 Å². The average molecular weight is 180 g/mol. The monoisotopic (exact) mass is 180 g/mol. The van der Waals surface area contributed by atoms with Gasteiger partial charge in [-0.15, -0.1) is 0 Å². The van der Waals surface area contributed by atoms with Gasteiger partial charge in [0, 0.05) is 25.7 Å². The van der Waals surface area contributed by atoms with Crippen LogP contribution >= 0.6 is 0 Å². The van der Waals surface area contributed by atoms with Crippen molar-refractivity contribution in [2.75, 3.05) is 25.0 Å². The summed E-state index contributed by atoms with van der Waals surface area (Å²) in [6, 6.07) is 2.13. The van der Waals surface area contributed by atoms with Crippen molar-refractivity contribution < 1.29 is 0 Å². The maximum absolute atomic E-state index is 4.28. The van der Waals surface area contributed by atoms with Gasteiger partial charge in [0.15, 0.2) is 5.82 Å². The highest BCUT2D eigenvalue weighted by Gasteiger charge is 2.14. The van der Waals surface area contributed by atoms with Gasteiger partial charge in [0.05, 0.1) is 5.69 Å². The van der Waals surface area contributed by atoms with Crippen molar-refractivity contribution in [1.29, 1.82) is 0 Å². The number of aromatic amines is 1. The Bertz CT molecular complexity index is 262. The minimum atomic E-state index is 0.862. The average Bonchev–Trinajstić information content (AvgIpc) is 2.70. The zero-order chi connectivity index (χ0) is 9.10. The normalized spacial score (nSPS) is 16.8. The van der Waals surface area contributed by atoms with Gasteiger partial charge in [0.25, 0.3) is 0 Å².